The molecule has 16 nitrogen and oxygen atoms in total. The molecule has 7 heterocycles. The van der Waals surface area contributed by atoms with Crippen LogP contribution < -0.4 is 22.5 Å². The fourth-order valence-electron chi connectivity index (χ4n) is 7.24. The van der Waals surface area contributed by atoms with Crippen molar-refractivity contribution in [3.63, 3.8) is 0 Å². The Hall–Kier alpha value is -2.96. The molecule has 5 aliphatic heterocycles. The summed E-state index contributed by atoms with van der Waals surface area (Å²) in [5.74, 6) is -1.79. The van der Waals surface area contributed by atoms with Crippen molar-refractivity contribution in [1.29, 1.82) is 0 Å². The van der Waals surface area contributed by atoms with Crippen LogP contribution in [0.15, 0.2) is 43.7 Å². The van der Waals surface area contributed by atoms with E-state index in [1.54, 1.807) is 27.7 Å². The molecule has 5 aliphatic rings. The zero-order chi connectivity index (χ0) is 33.8. The number of ether oxygens (including phenoxy) is 8. The normalized spacial score (nSPS) is 35.1. The van der Waals surface area contributed by atoms with Crippen LogP contribution in [-0.4, -0.2) is 92.9 Å². The molecule has 0 aromatic carbocycles. The highest BCUT2D eigenvalue weighted by Gasteiger charge is 2.57. The highest BCUT2D eigenvalue weighted by molar-refractivity contribution is 5.01. The van der Waals surface area contributed by atoms with Crippen molar-refractivity contribution in [2.45, 2.75) is 127 Å². The van der Waals surface area contributed by atoms with Crippen LogP contribution in [0.4, 0.5) is 0 Å². The number of nitrogens with zero attached hydrogens (tertiary/aromatic N) is 4. The Morgan fingerprint density at radius 2 is 0.979 bits per heavy atom. The smallest absolute Gasteiger partial charge is 0.333 e. The zero-order valence-electron chi connectivity index (χ0n) is 27.7. The summed E-state index contributed by atoms with van der Waals surface area (Å²) in [6, 6.07) is 2.63. The standard InChI is InChI=1S/C32H44N4O12/c1-31(2)45-23-19-17-41-15-7-8-16-42-18-20-24-26(48-32(3,4)46-24)28(44-20)36-14-10-22(38)34(30(36)40)12-6-5-11-33-21(37)9-13-35(29(33)39)27(43-19)25(23)47-31/h9-10,13-14,19-20,23-28H,5-8,11-12,15-18H2,1-4H3/t19-,20-,23-,24-,25-,26-,27-,28-/m1/s1. The van der Waals surface area contributed by atoms with Gasteiger partial charge in [0.15, 0.2) is 24.0 Å². The van der Waals surface area contributed by atoms with E-state index in [0.717, 1.165) is 22.0 Å². The van der Waals surface area contributed by atoms with E-state index in [9.17, 15) is 19.2 Å². The van der Waals surface area contributed by atoms with Crippen molar-refractivity contribution in [1.82, 2.24) is 18.3 Å². The molecule has 0 unspecified atom stereocenters. The molecule has 0 N–H and O–H groups in total. The first-order valence-electron chi connectivity index (χ1n) is 16.7. The van der Waals surface area contributed by atoms with Crippen LogP contribution in [0.2, 0.25) is 0 Å². The number of hydrogen-bond acceptors (Lipinski definition) is 12. The van der Waals surface area contributed by atoms with Crippen molar-refractivity contribution in [3.05, 3.63) is 66.2 Å². The van der Waals surface area contributed by atoms with Crippen LogP contribution in [0.25, 0.3) is 0 Å². The quantitative estimate of drug-likeness (QED) is 0.380. The number of rotatable bonds is 0. The van der Waals surface area contributed by atoms with E-state index in [1.165, 1.54) is 33.7 Å². The molecule has 0 amide bonds. The van der Waals surface area contributed by atoms with Gasteiger partial charge in [-0.05, 0) is 53.4 Å². The third-order valence-electron chi connectivity index (χ3n) is 9.39. The summed E-state index contributed by atoms with van der Waals surface area (Å²) in [5.41, 5.74) is -2.05. The van der Waals surface area contributed by atoms with E-state index >= 15 is 0 Å². The van der Waals surface area contributed by atoms with Crippen LogP contribution in [-0.2, 0) is 51.0 Å². The monoisotopic (exact) mass is 676 g/mol. The van der Waals surface area contributed by atoms with E-state index in [-0.39, 0.29) is 26.3 Å². The lowest BCUT2D eigenvalue weighted by Crippen LogP contribution is -2.43. The SMILES string of the molecule is CC1(C)O[C@@H]2[C@H](O1)[C@H]1COCCCCOC[C@H]3O[C@H]([C@@H]4OC(C)(C)O[C@@H]43)n3ccc(=O)n(c3=O)CCCCn3c(=O)ccn(c3=O)[C@@H]2O1. The summed E-state index contributed by atoms with van der Waals surface area (Å²) in [5, 5.41) is 0. The zero-order valence-corrected chi connectivity index (χ0v) is 27.7. The van der Waals surface area contributed by atoms with Crippen LogP contribution in [0, 0.1) is 0 Å². The summed E-state index contributed by atoms with van der Waals surface area (Å²) >= 11 is 0. The summed E-state index contributed by atoms with van der Waals surface area (Å²) < 4.78 is 54.1. The Bertz CT molecular complexity index is 1600. The lowest BCUT2D eigenvalue weighted by atomic mass is 10.1. The predicted molar refractivity (Wildman–Crippen MR) is 165 cm³/mol. The van der Waals surface area contributed by atoms with E-state index < -0.39 is 83.2 Å². The average molecular weight is 677 g/mol. The van der Waals surface area contributed by atoms with Crippen molar-refractivity contribution in [2.75, 3.05) is 26.4 Å². The van der Waals surface area contributed by atoms with E-state index in [2.05, 4.69) is 0 Å². The minimum Gasteiger partial charge on any atom is -0.379 e. The molecule has 4 saturated heterocycles. The Morgan fingerprint density at radius 1 is 0.583 bits per heavy atom. The molecular formula is C32H44N4O12. The van der Waals surface area contributed by atoms with E-state index in [4.69, 9.17) is 37.9 Å². The summed E-state index contributed by atoms with van der Waals surface area (Å²) in [6.07, 6.45) is 0.158. The van der Waals surface area contributed by atoms with Gasteiger partial charge in [0, 0.05) is 50.8 Å². The van der Waals surface area contributed by atoms with Gasteiger partial charge >= 0.3 is 11.4 Å². The third-order valence-corrected chi connectivity index (χ3v) is 9.39. The maximum absolute atomic E-state index is 13.7. The Balaban J connectivity index is 1.15. The first-order chi connectivity index (χ1) is 22.9. The molecule has 4 fully saturated rings. The van der Waals surface area contributed by atoms with Gasteiger partial charge in [-0.1, -0.05) is 0 Å². The molecule has 48 heavy (non-hydrogen) atoms. The maximum Gasteiger partial charge on any atom is 0.333 e. The van der Waals surface area contributed by atoms with E-state index in [0.29, 0.717) is 26.1 Å². The van der Waals surface area contributed by atoms with Gasteiger partial charge < -0.3 is 37.9 Å². The molecule has 7 rings (SSSR count). The Labute approximate surface area is 275 Å². The second kappa shape index (κ2) is 13.1. The molecule has 16 heteroatoms. The lowest BCUT2D eigenvalue weighted by molar-refractivity contribution is -0.203. The van der Waals surface area contributed by atoms with Gasteiger partial charge in [0.25, 0.3) is 11.1 Å². The van der Waals surface area contributed by atoms with Crippen molar-refractivity contribution in [3.8, 4) is 0 Å². The lowest BCUT2D eigenvalue weighted by Gasteiger charge is -2.25. The maximum atomic E-state index is 13.7. The molecule has 0 saturated carbocycles. The van der Waals surface area contributed by atoms with Gasteiger partial charge in [0.2, 0.25) is 0 Å². The molecular weight excluding hydrogens is 632 g/mol. The first kappa shape index (κ1) is 33.5. The van der Waals surface area contributed by atoms with Gasteiger partial charge in [0.05, 0.1) is 13.2 Å². The van der Waals surface area contributed by atoms with Gasteiger partial charge in [0.1, 0.15) is 36.6 Å². The minimum atomic E-state index is -0.893. The van der Waals surface area contributed by atoms with E-state index in [1.807, 2.05) is 0 Å². The summed E-state index contributed by atoms with van der Waals surface area (Å²) in [4.78, 5) is 53.0. The molecule has 8 atom stereocenters. The molecule has 2 aromatic rings. The highest BCUT2D eigenvalue weighted by Crippen LogP contribution is 2.44. The van der Waals surface area contributed by atoms with Gasteiger partial charge in [-0.15, -0.1) is 0 Å². The number of fused-ring (bicyclic) bond motifs is 16. The molecule has 0 spiro atoms. The molecule has 0 aliphatic carbocycles. The molecule has 264 valence electrons. The molecule has 8 bridgehead atoms. The average Bonchev–Trinajstić information content (AvgIpc) is 3.72. The predicted octanol–water partition coefficient (Wildman–Crippen LogP) is 0.476. The van der Waals surface area contributed by atoms with Crippen LogP contribution in [0.3, 0.4) is 0 Å². The van der Waals surface area contributed by atoms with Crippen LogP contribution >= 0.6 is 0 Å². The third kappa shape index (κ3) is 6.40. The minimum absolute atomic E-state index is 0.0713. The van der Waals surface area contributed by atoms with Gasteiger partial charge in [-0.3, -0.25) is 27.9 Å². The largest absolute Gasteiger partial charge is 0.379 e. The molecule has 2 aromatic heterocycles. The Kier molecular flexibility index (Phi) is 9.12. The van der Waals surface area contributed by atoms with Crippen LogP contribution in [0.1, 0.15) is 65.8 Å². The number of hydrogen-bond donors (Lipinski definition) is 0. The van der Waals surface area contributed by atoms with Gasteiger partial charge in [-0.25, -0.2) is 9.59 Å². The summed E-state index contributed by atoms with van der Waals surface area (Å²) in [6.45, 7) is 8.74. The second-order valence-corrected chi connectivity index (χ2v) is 13.8. The fourth-order valence-corrected chi connectivity index (χ4v) is 7.24. The molecule has 0 radical (unpaired) electrons. The van der Waals surface area contributed by atoms with Crippen molar-refractivity contribution in [2.24, 2.45) is 0 Å². The summed E-state index contributed by atoms with van der Waals surface area (Å²) in [7, 11) is 0. The first-order valence-corrected chi connectivity index (χ1v) is 16.7. The fraction of sp³-hybridized carbons (Fsp3) is 0.750. The Morgan fingerprint density at radius 3 is 1.40 bits per heavy atom. The number of aromatic nitrogens is 4. The van der Waals surface area contributed by atoms with Crippen molar-refractivity contribution >= 4 is 0 Å². The van der Waals surface area contributed by atoms with Crippen molar-refractivity contribution < 1.29 is 37.9 Å². The van der Waals surface area contributed by atoms with Gasteiger partial charge in [-0.2, -0.15) is 0 Å². The van der Waals surface area contributed by atoms with Crippen LogP contribution in [0.5, 0.6) is 0 Å². The second-order valence-electron chi connectivity index (χ2n) is 13.8. The topological polar surface area (TPSA) is 162 Å². The highest BCUT2D eigenvalue weighted by atomic mass is 16.8.